The lowest BCUT2D eigenvalue weighted by atomic mass is 9.94. The number of amides is 3. The number of carboxylic acids is 1. The van der Waals surface area contributed by atoms with E-state index in [0.717, 1.165) is 11.1 Å². The Morgan fingerprint density at radius 2 is 1.91 bits per heavy atom. The number of nitrogens with zero attached hydrogens (tertiary/aromatic N) is 3. The molecule has 2 heterocycles. The van der Waals surface area contributed by atoms with Crippen LogP contribution in [0.3, 0.4) is 0 Å². The molecular weight excluding hydrogens is 298 g/mol. The van der Waals surface area contributed by atoms with Gasteiger partial charge in [0.15, 0.2) is 0 Å². The van der Waals surface area contributed by atoms with Gasteiger partial charge in [0, 0.05) is 33.1 Å². The molecule has 7 heteroatoms. The number of carbonyl (C=O) groups excluding carboxylic acids is 2. The fourth-order valence-electron chi connectivity index (χ4n) is 3.11. The molecule has 0 spiro atoms. The molecule has 0 bridgehead atoms. The van der Waals surface area contributed by atoms with E-state index in [1.165, 1.54) is 9.80 Å². The van der Waals surface area contributed by atoms with Crippen molar-refractivity contribution in [3.8, 4) is 0 Å². The normalized spacial score (nSPS) is 20.7. The second-order valence-electron chi connectivity index (χ2n) is 5.97. The molecule has 0 aliphatic carbocycles. The third-order valence-corrected chi connectivity index (χ3v) is 4.48. The first-order valence-electron chi connectivity index (χ1n) is 7.56. The Kier molecular flexibility index (Phi) is 3.94. The monoisotopic (exact) mass is 317 g/mol. The van der Waals surface area contributed by atoms with Crippen molar-refractivity contribution in [1.82, 2.24) is 14.7 Å². The average molecular weight is 317 g/mol. The minimum absolute atomic E-state index is 0.0743. The molecule has 7 nitrogen and oxygen atoms in total. The summed E-state index contributed by atoms with van der Waals surface area (Å²) in [5.41, 5.74) is 1.92. The number of urea groups is 1. The standard InChI is InChI=1S/C16H19N3O4/c1-17-6-7-18(16(17)23)10-14(20)19-9-12-5-3-2-4-11(12)8-13(19)15(21)22/h2-5,13H,6-10H2,1H3,(H,21,22)/t13-/m0/s1. The summed E-state index contributed by atoms with van der Waals surface area (Å²) >= 11 is 0. The highest BCUT2D eigenvalue weighted by Gasteiger charge is 2.36. The number of rotatable bonds is 3. The zero-order chi connectivity index (χ0) is 16.6. The molecule has 1 aromatic rings. The molecule has 1 fully saturated rings. The lowest BCUT2D eigenvalue weighted by Gasteiger charge is -2.35. The van der Waals surface area contributed by atoms with Crippen LogP contribution in [0.5, 0.6) is 0 Å². The van der Waals surface area contributed by atoms with E-state index in [2.05, 4.69) is 0 Å². The zero-order valence-electron chi connectivity index (χ0n) is 12.9. The molecule has 0 radical (unpaired) electrons. The van der Waals surface area contributed by atoms with Crippen LogP contribution in [0.1, 0.15) is 11.1 Å². The third kappa shape index (κ3) is 2.86. The molecule has 0 saturated carbocycles. The molecule has 23 heavy (non-hydrogen) atoms. The lowest BCUT2D eigenvalue weighted by Crippen LogP contribution is -2.51. The Bertz CT molecular complexity index is 660. The number of likely N-dealkylation sites (N-methyl/N-ethyl adjacent to an activating group) is 1. The maximum Gasteiger partial charge on any atom is 0.326 e. The van der Waals surface area contributed by atoms with Gasteiger partial charge in [-0.25, -0.2) is 9.59 Å². The molecule has 3 amide bonds. The topological polar surface area (TPSA) is 81.2 Å². The van der Waals surface area contributed by atoms with Crippen LogP contribution in [0.15, 0.2) is 24.3 Å². The summed E-state index contributed by atoms with van der Waals surface area (Å²) in [5, 5.41) is 9.46. The van der Waals surface area contributed by atoms with Gasteiger partial charge in [-0.15, -0.1) is 0 Å². The van der Waals surface area contributed by atoms with Gasteiger partial charge < -0.3 is 19.8 Å². The largest absolute Gasteiger partial charge is 0.480 e. The SMILES string of the molecule is CN1CCN(CC(=O)N2Cc3ccccc3C[C@H]2C(=O)O)C1=O. The number of hydrogen-bond donors (Lipinski definition) is 1. The number of aliphatic carboxylic acids is 1. The summed E-state index contributed by atoms with van der Waals surface area (Å²) in [7, 11) is 1.68. The summed E-state index contributed by atoms with van der Waals surface area (Å²) in [6.07, 6.45) is 0.297. The van der Waals surface area contributed by atoms with Gasteiger partial charge in [-0.2, -0.15) is 0 Å². The number of hydrogen-bond acceptors (Lipinski definition) is 3. The van der Waals surface area contributed by atoms with Crippen LogP contribution in [-0.2, 0) is 22.6 Å². The first-order valence-corrected chi connectivity index (χ1v) is 7.56. The molecule has 1 saturated heterocycles. The van der Waals surface area contributed by atoms with E-state index in [0.29, 0.717) is 19.5 Å². The lowest BCUT2D eigenvalue weighted by molar-refractivity contribution is -0.151. The van der Waals surface area contributed by atoms with Crippen molar-refractivity contribution in [2.24, 2.45) is 0 Å². The van der Waals surface area contributed by atoms with Gasteiger partial charge in [0.1, 0.15) is 12.6 Å². The maximum atomic E-state index is 12.6. The van der Waals surface area contributed by atoms with Gasteiger partial charge in [0.2, 0.25) is 5.91 Å². The van der Waals surface area contributed by atoms with E-state index >= 15 is 0 Å². The van der Waals surface area contributed by atoms with E-state index in [1.54, 1.807) is 11.9 Å². The van der Waals surface area contributed by atoms with E-state index < -0.39 is 12.0 Å². The quantitative estimate of drug-likeness (QED) is 0.874. The predicted octanol–water partition coefficient (Wildman–Crippen LogP) is 0.392. The smallest absolute Gasteiger partial charge is 0.326 e. The van der Waals surface area contributed by atoms with Crippen LogP contribution < -0.4 is 0 Å². The fraction of sp³-hybridized carbons (Fsp3) is 0.438. The van der Waals surface area contributed by atoms with Crippen LogP contribution in [0.4, 0.5) is 4.79 Å². The van der Waals surface area contributed by atoms with Crippen molar-refractivity contribution in [3.05, 3.63) is 35.4 Å². The van der Waals surface area contributed by atoms with Crippen LogP contribution in [0.25, 0.3) is 0 Å². The fourth-order valence-corrected chi connectivity index (χ4v) is 3.11. The molecule has 0 unspecified atom stereocenters. The second-order valence-corrected chi connectivity index (χ2v) is 5.97. The average Bonchev–Trinajstić information content (AvgIpc) is 2.85. The maximum absolute atomic E-state index is 12.6. The van der Waals surface area contributed by atoms with Gasteiger partial charge in [0.25, 0.3) is 0 Å². The van der Waals surface area contributed by atoms with E-state index in [4.69, 9.17) is 0 Å². The highest BCUT2D eigenvalue weighted by molar-refractivity contribution is 5.88. The van der Waals surface area contributed by atoms with Gasteiger partial charge in [-0.1, -0.05) is 24.3 Å². The molecule has 1 aromatic carbocycles. The van der Waals surface area contributed by atoms with E-state index in [9.17, 15) is 19.5 Å². The summed E-state index contributed by atoms with van der Waals surface area (Å²) in [6.45, 7) is 1.26. The van der Waals surface area contributed by atoms with E-state index in [1.807, 2.05) is 24.3 Å². The van der Waals surface area contributed by atoms with Crippen LogP contribution in [-0.4, -0.2) is 70.4 Å². The Morgan fingerprint density at radius 1 is 1.22 bits per heavy atom. The zero-order valence-corrected chi connectivity index (χ0v) is 12.9. The van der Waals surface area contributed by atoms with Crippen LogP contribution in [0, 0.1) is 0 Å². The molecule has 122 valence electrons. The predicted molar refractivity (Wildman–Crippen MR) is 81.7 cm³/mol. The van der Waals surface area contributed by atoms with Crippen LogP contribution >= 0.6 is 0 Å². The highest BCUT2D eigenvalue weighted by atomic mass is 16.4. The molecule has 3 rings (SSSR count). The summed E-state index contributed by atoms with van der Waals surface area (Å²) in [6, 6.07) is 6.47. The molecule has 1 atom stereocenters. The number of benzene rings is 1. The van der Waals surface area contributed by atoms with Crippen molar-refractivity contribution in [3.63, 3.8) is 0 Å². The van der Waals surface area contributed by atoms with Gasteiger partial charge >= 0.3 is 12.0 Å². The minimum Gasteiger partial charge on any atom is -0.480 e. The molecule has 2 aliphatic rings. The van der Waals surface area contributed by atoms with E-state index in [-0.39, 0.29) is 25.0 Å². The molecule has 0 aromatic heterocycles. The van der Waals surface area contributed by atoms with Gasteiger partial charge in [-0.3, -0.25) is 4.79 Å². The first kappa shape index (κ1) is 15.3. The highest BCUT2D eigenvalue weighted by Crippen LogP contribution is 2.24. The van der Waals surface area contributed by atoms with Crippen molar-refractivity contribution in [2.75, 3.05) is 26.7 Å². The number of carbonyl (C=O) groups is 3. The third-order valence-electron chi connectivity index (χ3n) is 4.48. The number of carboxylic acid groups (broad SMARTS) is 1. The van der Waals surface area contributed by atoms with Crippen molar-refractivity contribution < 1.29 is 19.5 Å². The van der Waals surface area contributed by atoms with Gasteiger partial charge in [0.05, 0.1) is 0 Å². The summed E-state index contributed by atoms with van der Waals surface area (Å²) < 4.78 is 0. The van der Waals surface area contributed by atoms with Crippen molar-refractivity contribution in [2.45, 2.75) is 19.0 Å². The second kappa shape index (κ2) is 5.91. The number of fused-ring (bicyclic) bond motifs is 1. The Labute approximate surface area is 134 Å². The first-order chi connectivity index (χ1) is 11.0. The summed E-state index contributed by atoms with van der Waals surface area (Å²) in [5.74, 6) is -1.34. The van der Waals surface area contributed by atoms with Crippen LogP contribution in [0.2, 0.25) is 0 Å². The molecular formula is C16H19N3O4. The van der Waals surface area contributed by atoms with Gasteiger partial charge in [-0.05, 0) is 11.1 Å². The Hall–Kier alpha value is -2.57. The van der Waals surface area contributed by atoms with Crippen molar-refractivity contribution >= 4 is 17.9 Å². The van der Waals surface area contributed by atoms with Crippen molar-refractivity contribution in [1.29, 1.82) is 0 Å². The molecule has 1 N–H and O–H groups in total. The molecule has 2 aliphatic heterocycles. The Balaban J connectivity index is 1.78. The summed E-state index contributed by atoms with van der Waals surface area (Å²) in [4.78, 5) is 40.4. The minimum atomic E-state index is -1.02. The Morgan fingerprint density at radius 3 is 2.52 bits per heavy atom.